The molecule has 0 radical (unpaired) electrons. The third-order valence-corrected chi connectivity index (χ3v) is 2.95. The van der Waals surface area contributed by atoms with Crippen LogP contribution in [0.4, 0.5) is 0 Å². The zero-order valence-corrected chi connectivity index (χ0v) is 9.37. The standard InChI is InChI=1S/C9H21NOS/c1-9(2,3)8(10-4)7-12-6-5-11/h8,10-11H,5-7H2,1-4H3. The van der Waals surface area contributed by atoms with Crippen LogP contribution in [0, 0.1) is 5.41 Å². The Kier molecular flexibility index (Phi) is 5.97. The zero-order valence-electron chi connectivity index (χ0n) is 8.55. The Morgan fingerprint density at radius 3 is 2.33 bits per heavy atom. The van der Waals surface area contributed by atoms with E-state index in [-0.39, 0.29) is 6.61 Å². The second kappa shape index (κ2) is 5.84. The lowest BCUT2D eigenvalue weighted by molar-refractivity contribution is 0.304. The Bertz CT molecular complexity index is 112. The molecule has 0 bridgehead atoms. The molecule has 0 heterocycles. The van der Waals surface area contributed by atoms with E-state index in [1.165, 1.54) is 0 Å². The first-order valence-corrected chi connectivity index (χ1v) is 5.53. The van der Waals surface area contributed by atoms with E-state index in [0.717, 1.165) is 11.5 Å². The van der Waals surface area contributed by atoms with E-state index in [4.69, 9.17) is 5.11 Å². The first-order valence-electron chi connectivity index (χ1n) is 4.38. The molecule has 0 saturated heterocycles. The molecule has 0 rings (SSSR count). The molecule has 0 fully saturated rings. The number of hydrogen-bond acceptors (Lipinski definition) is 3. The maximum Gasteiger partial charge on any atom is 0.0521 e. The Morgan fingerprint density at radius 2 is 2.00 bits per heavy atom. The summed E-state index contributed by atoms with van der Waals surface area (Å²) in [4.78, 5) is 0. The van der Waals surface area contributed by atoms with Crippen molar-refractivity contribution in [3.8, 4) is 0 Å². The molecule has 2 N–H and O–H groups in total. The van der Waals surface area contributed by atoms with Crippen molar-refractivity contribution in [2.75, 3.05) is 25.2 Å². The average molecular weight is 191 g/mol. The van der Waals surface area contributed by atoms with Crippen molar-refractivity contribution in [2.24, 2.45) is 5.41 Å². The predicted molar refractivity (Wildman–Crippen MR) is 56.7 cm³/mol. The maximum atomic E-state index is 8.61. The molecule has 0 aromatic rings. The normalized spacial score (nSPS) is 14.8. The number of hydrogen-bond donors (Lipinski definition) is 2. The lowest BCUT2D eigenvalue weighted by Gasteiger charge is -2.30. The third-order valence-electron chi connectivity index (χ3n) is 1.91. The summed E-state index contributed by atoms with van der Waals surface area (Å²) in [5, 5.41) is 11.9. The van der Waals surface area contributed by atoms with Crippen molar-refractivity contribution in [3.05, 3.63) is 0 Å². The highest BCUT2D eigenvalue weighted by Gasteiger charge is 2.22. The van der Waals surface area contributed by atoms with Crippen molar-refractivity contribution in [1.82, 2.24) is 5.32 Å². The molecule has 1 unspecified atom stereocenters. The maximum absolute atomic E-state index is 8.61. The highest BCUT2D eigenvalue weighted by Crippen LogP contribution is 2.21. The summed E-state index contributed by atoms with van der Waals surface area (Å²) in [5.74, 6) is 1.91. The first kappa shape index (κ1) is 12.3. The lowest BCUT2D eigenvalue weighted by atomic mass is 9.88. The largest absolute Gasteiger partial charge is 0.396 e. The second-order valence-corrected chi connectivity index (χ2v) is 5.16. The molecule has 12 heavy (non-hydrogen) atoms. The highest BCUT2D eigenvalue weighted by molar-refractivity contribution is 7.99. The Hall–Kier alpha value is 0.270. The molecule has 0 aliphatic carbocycles. The van der Waals surface area contributed by atoms with Crippen molar-refractivity contribution in [3.63, 3.8) is 0 Å². The minimum Gasteiger partial charge on any atom is -0.396 e. The van der Waals surface area contributed by atoms with Crippen LogP contribution < -0.4 is 5.32 Å². The first-order chi connectivity index (χ1) is 5.52. The van der Waals surface area contributed by atoms with Gasteiger partial charge in [0.2, 0.25) is 0 Å². The van der Waals surface area contributed by atoms with E-state index in [1.807, 2.05) is 7.05 Å². The van der Waals surface area contributed by atoms with Crippen LogP contribution in [0.1, 0.15) is 20.8 Å². The van der Waals surface area contributed by atoms with Crippen LogP contribution in [-0.2, 0) is 0 Å². The van der Waals surface area contributed by atoms with Gasteiger partial charge in [-0.15, -0.1) is 0 Å². The monoisotopic (exact) mass is 191 g/mol. The van der Waals surface area contributed by atoms with Gasteiger partial charge in [-0.1, -0.05) is 20.8 Å². The van der Waals surface area contributed by atoms with Crippen molar-refractivity contribution < 1.29 is 5.11 Å². The van der Waals surface area contributed by atoms with Crippen LogP contribution >= 0.6 is 11.8 Å². The quantitative estimate of drug-likeness (QED) is 0.643. The minimum atomic E-state index is 0.283. The third kappa shape index (κ3) is 5.01. The van der Waals surface area contributed by atoms with Crippen molar-refractivity contribution in [2.45, 2.75) is 26.8 Å². The molecule has 0 aromatic heterocycles. The molecular weight excluding hydrogens is 170 g/mol. The summed E-state index contributed by atoms with van der Waals surface area (Å²) in [6, 6.07) is 0.522. The molecule has 0 spiro atoms. The fourth-order valence-electron chi connectivity index (χ4n) is 1.03. The van der Waals surface area contributed by atoms with Gasteiger partial charge >= 0.3 is 0 Å². The number of thioether (sulfide) groups is 1. The van der Waals surface area contributed by atoms with Gasteiger partial charge in [0, 0.05) is 17.5 Å². The van der Waals surface area contributed by atoms with Gasteiger partial charge in [-0.3, -0.25) is 0 Å². The lowest BCUT2D eigenvalue weighted by Crippen LogP contribution is -2.40. The molecule has 0 aromatic carbocycles. The number of nitrogens with one attached hydrogen (secondary N) is 1. The van der Waals surface area contributed by atoms with Crippen LogP contribution in [0.5, 0.6) is 0 Å². The van der Waals surface area contributed by atoms with Gasteiger partial charge in [0.1, 0.15) is 0 Å². The van der Waals surface area contributed by atoms with E-state index in [0.29, 0.717) is 11.5 Å². The number of aliphatic hydroxyl groups is 1. The zero-order chi connectivity index (χ0) is 9.61. The van der Waals surface area contributed by atoms with Crippen LogP contribution in [0.3, 0.4) is 0 Å². The Labute approximate surface area is 80.1 Å². The molecular formula is C9H21NOS. The van der Waals surface area contributed by atoms with E-state index in [9.17, 15) is 0 Å². The molecule has 0 aliphatic rings. The fourth-order valence-corrected chi connectivity index (χ4v) is 2.23. The summed E-state index contributed by atoms with van der Waals surface area (Å²) in [6.07, 6.45) is 0. The van der Waals surface area contributed by atoms with Gasteiger partial charge in [0.05, 0.1) is 6.61 Å². The summed E-state index contributed by atoms with van der Waals surface area (Å²) in [6.45, 7) is 6.97. The van der Waals surface area contributed by atoms with Crippen LogP contribution in [0.15, 0.2) is 0 Å². The smallest absolute Gasteiger partial charge is 0.0521 e. The predicted octanol–water partition coefficient (Wildman–Crippen LogP) is 1.35. The van der Waals surface area contributed by atoms with Crippen LogP contribution in [-0.4, -0.2) is 36.3 Å². The summed E-state index contributed by atoms with van der Waals surface area (Å²) in [5.41, 5.74) is 0.303. The van der Waals surface area contributed by atoms with Gasteiger partial charge in [0.15, 0.2) is 0 Å². The van der Waals surface area contributed by atoms with Crippen LogP contribution in [0.25, 0.3) is 0 Å². The summed E-state index contributed by atoms with van der Waals surface area (Å²) in [7, 11) is 2.00. The second-order valence-electron chi connectivity index (χ2n) is 4.01. The minimum absolute atomic E-state index is 0.283. The summed E-state index contributed by atoms with van der Waals surface area (Å²) < 4.78 is 0. The molecule has 74 valence electrons. The van der Waals surface area contributed by atoms with E-state index >= 15 is 0 Å². The van der Waals surface area contributed by atoms with Crippen molar-refractivity contribution >= 4 is 11.8 Å². The van der Waals surface area contributed by atoms with Gasteiger partial charge in [0.25, 0.3) is 0 Å². The van der Waals surface area contributed by atoms with Gasteiger partial charge < -0.3 is 10.4 Å². The molecule has 3 heteroatoms. The topological polar surface area (TPSA) is 32.3 Å². The molecule has 2 nitrogen and oxygen atoms in total. The van der Waals surface area contributed by atoms with E-state index < -0.39 is 0 Å². The van der Waals surface area contributed by atoms with Crippen molar-refractivity contribution in [1.29, 1.82) is 0 Å². The van der Waals surface area contributed by atoms with Gasteiger partial charge in [-0.25, -0.2) is 0 Å². The van der Waals surface area contributed by atoms with Gasteiger partial charge in [-0.2, -0.15) is 11.8 Å². The molecule has 0 amide bonds. The SMILES string of the molecule is CNC(CSCCO)C(C)(C)C. The molecule has 1 atom stereocenters. The molecule has 0 saturated carbocycles. The average Bonchev–Trinajstić information content (AvgIpc) is 1.95. The fraction of sp³-hybridized carbons (Fsp3) is 1.00. The Balaban J connectivity index is 3.68. The van der Waals surface area contributed by atoms with Crippen LogP contribution in [0.2, 0.25) is 0 Å². The number of rotatable bonds is 5. The van der Waals surface area contributed by atoms with E-state index in [1.54, 1.807) is 11.8 Å². The summed E-state index contributed by atoms with van der Waals surface area (Å²) >= 11 is 1.80. The molecule has 0 aliphatic heterocycles. The van der Waals surface area contributed by atoms with Gasteiger partial charge in [-0.05, 0) is 12.5 Å². The van der Waals surface area contributed by atoms with E-state index in [2.05, 4.69) is 26.1 Å². The Morgan fingerprint density at radius 1 is 1.42 bits per heavy atom. The highest BCUT2D eigenvalue weighted by atomic mass is 32.2. The number of aliphatic hydroxyl groups excluding tert-OH is 1.